The molecule has 0 aromatic heterocycles. The second-order valence-corrected chi connectivity index (χ2v) is 11.7. The molecule has 3 atom stereocenters. The molecule has 0 N–H and O–H groups in total. The van der Waals surface area contributed by atoms with E-state index < -0.39 is 17.6 Å². The van der Waals surface area contributed by atoms with Crippen molar-refractivity contribution >= 4 is 12.0 Å². The topological polar surface area (TPSA) is 68.3 Å². The molecule has 3 aromatic rings. The predicted molar refractivity (Wildman–Crippen MR) is 156 cm³/mol. The summed E-state index contributed by atoms with van der Waals surface area (Å²) in [4.78, 5) is 31.3. The Balaban J connectivity index is 1.36. The molecule has 2 saturated heterocycles. The van der Waals surface area contributed by atoms with Crippen molar-refractivity contribution in [1.82, 2.24) is 9.80 Å². The SMILES string of the molecule is COc1ccc([C@H]2CN(Cc3ccccc3)C[C@@]2(C)C(=O)N2C(=O)OC[C@H]2c2ccccc2)cc1OC1CCCC1. The van der Waals surface area contributed by atoms with Crippen molar-refractivity contribution in [2.45, 2.75) is 57.2 Å². The lowest BCUT2D eigenvalue weighted by atomic mass is 9.74. The fourth-order valence-corrected chi connectivity index (χ4v) is 6.78. The van der Waals surface area contributed by atoms with Crippen LogP contribution in [0.5, 0.6) is 11.5 Å². The van der Waals surface area contributed by atoms with Crippen LogP contribution in [-0.2, 0) is 16.1 Å². The Morgan fingerprint density at radius 2 is 1.66 bits per heavy atom. The molecule has 3 aliphatic rings. The summed E-state index contributed by atoms with van der Waals surface area (Å²) in [6.07, 6.45) is 4.02. The number of ether oxygens (including phenoxy) is 3. The molecule has 1 saturated carbocycles. The maximum atomic E-state index is 14.6. The number of carbonyl (C=O) groups is 2. The van der Waals surface area contributed by atoms with Gasteiger partial charge in [0.25, 0.3) is 0 Å². The van der Waals surface area contributed by atoms with Gasteiger partial charge >= 0.3 is 6.09 Å². The molecule has 7 heteroatoms. The number of carbonyl (C=O) groups excluding carboxylic acids is 2. The quantitative estimate of drug-likeness (QED) is 0.324. The molecule has 0 bridgehead atoms. The first-order chi connectivity index (χ1) is 20.0. The van der Waals surface area contributed by atoms with Crippen LogP contribution in [0.2, 0.25) is 0 Å². The zero-order valence-electron chi connectivity index (χ0n) is 23.8. The van der Waals surface area contributed by atoms with Crippen LogP contribution in [0.4, 0.5) is 4.79 Å². The molecule has 6 rings (SSSR count). The number of likely N-dealkylation sites (tertiary alicyclic amines) is 1. The number of methoxy groups -OCH3 is 1. The molecule has 0 unspecified atom stereocenters. The number of hydrogen-bond donors (Lipinski definition) is 0. The minimum atomic E-state index is -0.871. The predicted octanol–water partition coefficient (Wildman–Crippen LogP) is 6.34. The van der Waals surface area contributed by atoms with Gasteiger partial charge < -0.3 is 14.2 Å². The zero-order chi connectivity index (χ0) is 28.4. The first kappa shape index (κ1) is 27.3. The lowest BCUT2D eigenvalue weighted by molar-refractivity contribution is -0.139. The second kappa shape index (κ2) is 11.6. The van der Waals surface area contributed by atoms with Crippen LogP contribution in [0.25, 0.3) is 0 Å². The van der Waals surface area contributed by atoms with Gasteiger partial charge in [-0.1, -0.05) is 66.7 Å². The molecule has 0 spiro atoms. The van der Waals surface area contributed by atoms with E-state index in [-0.39, 0.29) is 24.5 Å². The molecule has 214 valence electrons. The number of nitrogens with zero attached hydrogens (tertiary/aromatic N) is 2. The highest BCUT2D eigenvalue weighted by Gasteiger charge is 2.54. The van der Waals surface area contributed by atoms with Crippen LogP contribution in [0.15, 0.2) is 78.9 Å². The smallest absolute Gasteiger partial charge is 0.417 e. The summed E-state index contributed by atoms with van der Waals surface area (Å²) in [6, 6.07) is 25.5. The molecule has 2 aliphatic heterocycles. The number of rotatable bonds is 8. The average Bonchev–Trinajstić information content (AvgIpc) is 3.73. The van der Waals surface area contributed by atoms with E-state index in [1.807, 2.05) is 67.6 Å². The van der Waals surface area contributed by atoms with Gasteiger partial charge in [-0.3, -0.25) is 9.69 Å². The standard InChI is InChI=1S/C34H38N2O5/c1-34(32(37)36-29(22-40-33(36)38)25-13-7-4-8-14-25)23-35(20-24-11-5-3-6-12-24)21-28(34)26-17-18-30(39-2)31(19-26)41-27-15-9-10-16-27/h3-8,11-14,17-19,27-29H,9-10,15-16,20-23H2,1-2H3/t28-,29+,34-/m1/s1. The molecule has 2 heterocycles. The van der Waals surface area contributed by atoms with E-state index in [9.17, 15) is 9.59 Å². The normalized spacial score (nSPS) is 24.9. The zero-order valence-corrected chi connectivity index (χ0v) is 23.8. The maximum absolute atomic E-state index is 14.6. The first-order valence-electron chi connectivity index (χ1n) is 14.6. The average molecular weight is 555 g/mol. The molecular weight excluding hydrogens is 516 g/mol. The first-order valence-corrected chi connectivity index (χ1v) is 14.6. The summed E-state index contributed by atoms with van der Waals surface area (Å²) in [7, 11) is 1.66. The number of cyclic esters (lactones) is 1. The molecular formula is C34H38N2O5. The molecule has 41 heavy (non-hydrogen) atoms. The highest BCUT2D eigenvalue weighted by molar-refractivity contribution is 5.97. The fraction of sp³-hybridized carbons (Fsp3) is 0.412. The van der Waals surface area contributed by atoms with Crippen molar-refractivity contribution in [2.24, 2.45) is 5.41 Å². The highest BCUT2D eigenvalue weighted by Crippen LogP contribution is 2.48. The van der Waals surface area contributed by atoms with Crippen LogP contribution in [0, 0.1) is 5.41 Å². The summed E-state index contributed by atoms with van der Waals surface area (Å²) in [5.74, 6) is 1.04. The number of amides is 2. The Morgan fingerprint density at radius 1 is 0.951 bits per heavy atom. The third-order valence-corrected chi connectivity index (χ3v) is 8.96. The number of imide groups is 1. The lowest BCUT2D eigenvalue weighted by Crippen LogP contribution is -2.47. The molecule has 3 aromatic carbocycles. The van der Waals surface area contributed by atoms with E-state index >= 15 is 0 Å². The monoisotopic (exact) mass is 554 g/mol. The van der Waals surface area contributed by atoms with Gasteiger partial charge in [-0.25, -0.2) is 9.69 Å². The molecule has 0 radical (unpaired) electrons. The summed E-state index contributed by atoms with van der Waals surface area (Å²) in [5.41, 5.74) is 2.21. The van der Waals surface area contributed by atoms with Gasteiger partial charge in [-0.05, 0) is 61.4 Å². The van der Waals surface area contributed by atoms with Gasteiger partial charge in [-0.15, -0.1) is 0 Å². The van der Waals surface area contributed by atoms with Gasteiger partial charge in [-0.2, -0.15) is 0 Å². The summed E-state index contributed by atoms with van der Waals surface area (Å²) >= 11 is 0. The van der Waals surface area contributed by atoms with Crippen molar-refractivity contribution < 1.29 is 23.8 Å². The third-order valence-electron chi connectivity index (χ3n) is 8.96. The second-order valence-electron chi connectivity index (χ2n) is 11.7. The lowest BCUT2D eigenvalue weighted by Gasteiger charge is -2.34. The summed E-state index contributed by atoms with van der Waals surface area (Å²) in [5, 5.41) is 0. The van der Waals surface area contributed by atoms with E-state index in [4.69, 9.17) is 14.2 Å². The molecule has 1 aliphatic carbocycles. The largest absolute Gasteiger partial charge is 0.493 e. The van der Waals surface area contributed by atoms with Crippen LogP contribution >= 0.6 is 0 Å². The van der Waals surface area contributed by atoms with E-state index in [1.165, 1.54) is 23.3 Å². The van der Waals surface area contributed by atoms with Crippen molar-refractivity contribution in [3.8, 4) is 11.5 Å². The van der Waals surface area contributed by atoms with Crippen molar-refractivity contribution in [3.63, 3.8) is 0 Å². The van der Waals surface area contributed by atoms with Gasteiger partial charge in [0.05, 0.1) is 18.6 Å². The number of benzene rings is 3. The van der Waals surface area contributed by atoms with Crippen molar-refractivity contribution in [3.05, 3.63) is 95.6 Å². The highest BCUT2D eigenvalue weighted by atomic mass is 16.6. The van der Waals surface area contributed by atoms with Crippen LogP contribution in [-0.4, -0.2) is 54.7 Å². The van der Waals surface area contributed by atoms with Crippen LogP contribution in [0.1, 0.15) is 61.3 Å². The van der Waals surface area contributed by atoms with Gasteiger partial charge in [0, 0.05) is 25.6 Å². The molecule has 7 nitrogen and oxygen atoms in total. The third kappa shape index (κ3) is 5.43. The van der Waals surface area contributed by atoms with Crippen LogP contribution in [0.3, 0.4) is 0 Å². The number of hydrogen-bond acceptors (Lipinski definition) is 6. The minimum Gasteiger partial charge on any atom is -0.493 e. The van der Waals surface area contributed by atoms with E-state index in [1.54, 1.807) is 7.11 Å². The Kier molecular flexibility index (Phi) is 7.71. The van der Waals surface area contributed by atoms with Crippen LogP contribution < -0.4 is 9.47 Å². The Morgan fingerprint density at radius 3 is 2.37 bits per heavy atom. The van der Waals surface area contributed by atoms with Crippen molar-refractivity contribution in [1.29, 1.82) is 0 Å². The Bertz CT molecular complexity index is 1370. The maximum Gasteiger partial charge on any atom is 0.417 e. The molecule has 3 fully saturated rings. The van der Waals surface area contributed by atoms with Crippen molar-refractivity contribution in [2.75, 3.05) is 26.8 Å². The van der Waals surface area contributed by atoms with Gasteiger partial charge in [0.1, 0.15) is 12.6 Å². The van der Waals surface area contributed by atoms with E-state index in [0.29, 0.717) is 25.4 Å². The fourth-order valence-electron chi connectivity index (χ4n) is 6.78. The minimum absolute atomic E-state index is 0.158. The Labute approximate surface area is 242 Å². The van der Waals surface area contributed by atoms with Gasteiger partial charge in [0.2, 0.25) is 5.91 Å². The Hall–Kier alpha value is -3.84. The van der Waals surface area contributed by atoms with Gasteiger partial charge in [0.15, 0.2) is 11.5 Å². The molecule has 2 amide bonds. The van der Waals surface area contributed by atoms with E-state index in [2.05, 4.69) is 23.1 Å². The van der Waals surface area contributed by atoms with E-state index in [0.717, 1.165) is 29.7 Å². The summed E-state index contributed by atoms with van der Waals surface area (Å²) < 4.78 is 17.6. The summed E-state index contributed by atoms with van der Waals surface area (Å²) in [6.45, 7) is 4.06.